The number of aromatic hydroxyl groups is 1. The Labute approximate surface area is 192 Å². The molecule has 0 aromatic heterocycles. The Kier molecular flexibility index (Phi) is 12.4. The number of rotatable bonds is 6. The van der Waals surface area contributed by atoms with E-state index in [2.05, 4.69) is 26.3 Å². The Balaban J connectivity index is 0.000000251. The normalized spacial score (nSPS) is 9.22. The number of allylic oxidation sites excluding steroid dienone is 2. The SMILES string of the molecule is C=C(C#N)CC=Cc1ccc(O)cc1.C=Cc1ccccc1.C=Cc1ccccc1C=C. The van der Waals surface area contributed by atoms with Gasteiger partial charge in [0.15, 0.2) is 0 Å². The molecule has 0 saturated heterocycles. The van der Waals surface area contributed by atoms with Crippen LogP contribution in [-0.4, -0.2) is 5.11 Å². The topological polar surface area (TPSA) is 44.0 Å². The number of nitriles is 1. The van der Waals surface area contributed by atoms with Crippen LogP contribution in [0.5, 0.6) is 5.75 Å². The highest BCUT2D eigenvalue weighted by atomic mass is 16.3. The molecule has 0 fully saturated rings. The molecule has 0 saturated carbocycles. The quantitative estimate of drug-likeness (QED) is 0.409. The fourth-order valence-electron chi connectivity index (χ4n) is 2.44. The molecule has 32 heavy (non-hydrogen) atoms. The molecule has 0 atom stereocenters. The first-order valence-corrected chi connectivity index (χ1v) is 10.1. The summed E-state index contributed by atoms with van der Waals surface area (Å²) in [6, 6.07) is 26.9. The van der Waals surface area contributed by atoms with E-state index in [1.807, 2.05) is 91.0 Å². The molecular formula is C30H29NO. The zero-order chi connectivity index (χ0) is 23.6. The van der Waals surface area contributed by atoms with E-state index < -0.39 is 0 Å². The van der Waals surface area contributed by atoms with Crippen LogP contribution in [-0.2, 0) is 0 Å². The molecule has 0 bridgehead atoms. The Morgan fingerprint density at radius 2 is 1.28 bits per heavy atom. The van der Waals surface area contributed by atoms with Crippen molar-refractivity contribution in [1.82, 2.24) is 0 Å². The predicted octanol–water partition coefficient (Wildman–Crippen LogP) is 8.18. The van der Waals surface area contributed by atoms with E-state index in [0.29, 0.717) is 12.0 Å². The number of nitrogens with zero attached hydrogens (tertiary/aromatic N) is 1. The van der Waals surface area contributed by atoms with Gasteiger partial charge in [-0.15, -0.1) is 0 Å². The molecule has 3 rings (SSSR count). The molecule has 0 aliphatic heterocycles. The third kappa shape index (κ3) is 10.4. The van der Waals surface area contributed by atoms with Gasteiger partial charge in [0, 0.05) is 12.0 Å². The zero-order valence-electron chi connectivity index (χ0n) is 18.3. The van der Waals surface area contributed by atoms with Gasteiger partial charge in [0.2, 0.25) is 0 Å². The van der Waals surface area contributed by atoms with Crippen LogP contribution >= 0.6 is 0 Å². The van der Waals surface area contributed by atoms with Crippen LogP contribution in [0.15, 0.2) is 117 Å². The summed E-state index contributed by atoms with van der Waals surface area (Å²) in [4.78, 5) is 0. The third-order valence-corrected chi connectivity index (χ3v) is 4.20. The largest absolute Gasteiger partial charge is 0.508 e. The highest BCUT2D eigenvalue weighted by molar-refractivity contribution is 5.63. The molecule has 0 spiro atoms. The third-order valence-electron chi connectivity index (χ3n) is 4.20. The van der Waals surface area contributed by atoms with E-state index in [1.54, 1.807) is 24.3 Å². The number of hydrogen-bond acceptors (Lipinski definition) is 2. The molecule has 0 aliphatic carbocycles. The number of hydrogen-bond donors (Lipinski definition) is 1. The standard InChI is InChI=1S/C12H11NO.C10H10.C8H8/c1-10(9-13)3-2-4-11-5-7-12(14)8-6-11;1-3-9-7-5-6-8-10(9)4-2;1-2-8-6-4-3-5-7-8/h2,4-8,14H,1,3H2;3-8H,1-2H2;2-7H,1H2. The molecule has 0 radical (unpaired) electrons. The minimum Gasteiger partial charge on any atom is -0.508 e. The van der Waals surface area contributed by atoms with Gasteiger partial charge in [-0.2, -0.15) is 5.26 Å². The molecular weight excluding hydrogens is 390 g/mol. The lowest BCUT2D eigenvalue weighted by Gasteiger charge is -1.96. The zero-order valence-corrected chi connectivity index (χ0v) is 18.3. The van der Waals surface area contributed by atoms with Crippen LogP contribution in [0.4, 0.5) is 0 Å². The van der Waals surface area contributed by atoms with Crippen LogP contribution in [0.1, 0.15) is 28.7 Å². The summed E-state index contributed by atoms with van der Waals surface area (Å²) in [5.74, 6) is 0.253. The van der Waals surface area contributed by atoms with E-state index in [9.17, 15) is 0 Å². The molecule has 0 amide bonds. The molecule has 1 N–H and O–H groups in total. The lowest BCUT2D eigenvalue weighted by atomic mass is 10.1. The van der Waals surface area contributed by atoms with Crippen LogP contribution in [0.3, 0.4) is 0 Å². The molecule has 2 nitrogen and oxygen atoms in total. The van der Waals surface area contributed by atoms with Crippen LogP contribution in [0.2, 0.25) is 0 Å². The maximum absolute atomic E-state index is 9.03. The van der Waals surface area contributed by atoms with Crippen molar-refractivity contribution >= 4 is 24.3 Å². The van der Waals surface area contributed by atoms with Crippen LogP contribution < -0.4 is 0 Å². The van der Waals surface area contributed by atoms with E-state index >= 15 is 0 Å². The van der Waals surface area contributed by atoms with Crippen molar-refractivity contribution in [2.24, 2.45) is 0 Å². The van der Waals surface area contributed by atoms with Crippen molar-refractivity contribution in [2.75, 3.05) is 0 Å². The van der Waals surface area contributed by atoms with Crippen molar-refractivity contribution in [3.8, 4) is 11.8 Å². The smallest absolute Gasteiger partial charge is 0.115 e. The van der Waals surface area contributed by atoms with Crippen molar-refractivity contribution in [3.63, 3.8) is 0 Å². The summed E-state index contributed by atoms with van der Waals surface area (Å²) in [5, 5.41) is 17.5. The second-order valence-corrected chi connectivity index (χ2v) is 6.57. The summed E-state index contributed by atoms with van der Waals surface area (Å²) in [6.45, 7) is 14.6. The highest BCUT2D eigenvalue weighted by Gasteiger charge is 1.90. The minimum absolute atomic E-state index is 0.253. The highest BCUT2D eigenvalue weighted by Crippen LogP contribution is 2.12. The van der Waals surface area contributed by atoms with Crippen molar-refractivity contribution in [3.05, 3.63) is 139 Å². The fraction of sp³-hybridized carbons (Fsp3) is 0.0333. The summed E-state index contributed by atoms with van der Waals surface area (Å²) in [6.07, 6.45) is 9.82. The first kappa shape index (κ1) is 25.7. The molecule has 3 aromatic rings. The number of phenolic OH excluding ortho intramolecular Hbond substituents is 1. The molecule has 0 aliphatic rings. The van der Waals surface area contributed by atoms with Crippen LogP contribution in [0.25, 0.3) is 24.3 Å². The lowest BCUT2D eigenvalue weighted by Crippen LogP contribution is -1.76. The van der Waals surface area contributed by atoms with Gasteiger partial charge in [-0.25, -0.2) is 0 Å². The first-order chi connectivity index (χ1) is 15.5. The number of benzene rings is 3. The Morgan fingerprint density at radius 3 is 1.72 bits per heavy atom. The Morgan fingerprint density at radius 1 is 0.750 bits per heavy atom. The van der Waals surface area contributed by atoms with E-state index in [0.717, 1.165) is 16.7 Å². The van der Waals surface area contributed by atoms with E-state index in [-0.39, 0.29) is 5.75 Å². The van der Waals surface area contributed by atoms with Gasteiger partial charge in [0.25, 0.3) is 0 Å². The molecule has 2 heteroatoms. The van der Waals surface area contributed by atoms with Gasteiger partial charge >= 0.3 is 0 Å². The van der Waals surface area contributed by atoms with Crippen molar-refractivity contribution in [1.29, 1.82) is 5.26 Å². The molecule has 0 unspecified atom stereocenters. The second kappa shape index (κ2) is 15.5. The number of phenols is 1. The molecule has 0 heterocycles. The summed E-state index contributed by atoms with van der Waals surface area (Å²) in [5.41, 5.74) is 4.98. The average molecular weight is 420 g/mol. The van der Waals surface area contributed by atoms with Crippen molar-refractivity contribution in [2.45, 2.75) is 6.42 Å². The van der Waals surface area contributed by atoms with Gasteiger partial charge < -0.3 is 5.11 Å². The monoisotopic (exact) mass is 419 g/mol. The molecule has 160 valence electrons. The molecule has 3 aromatic carbocycles. The van der Waals surface area contributed by atoms with Gasteiger partial charge in [0.1, 0.15) is 5.75 Å². The predicted molar refractivity (Wildman–Crippen MR) is 140 cm³/mol. The van der Waals surface area contributed by atoms with Gasteiger partial charge in [-0.05, 0) is 34.4 Å². The summed E-state index contributed by atoms with van der Waals surface area (Å²) < 4.78 is 0. The second-order valence-electron chi connectivity index (χ2n) is 6.57. The summed E-state index contributed by atoms with van der Waals surface area (Å²) in [7, 11) is 0. The van der Waals surface area contributed by atoms with Gasteiger partial charge in [0.05, 0.1) is 6.07 Å². The summed E-state index contributed by atoms with van der Waals surface area (Å²) >= 11 is 0. The van der Waals surface area contributed by atoms with Crippen LogP contribution in [0, 0.1) is 11.3 Å². The van der Waals surface area contributed by atoms with Gasteiger partial charge in [-0.1, -0.05) is 123 Å². The first-order valence-electron chi connectivity index (χ1n) is 10.1. The van der Waals surface area contributed by atoms with E-state index in [1.165, 1.54) is 5.56 Å². The maximum Gasteiger partial charge on any atom is 0.115 e. The minimum atomic E-state index is 0.253. The maximum atomic E-state index is 9.03. The Bertz CT molecular complexity index is 1040. The van der Waals surface area contributed by atoms with Gasteiger partial charge in [-0.3, -0.25) is 0 Å². The Hall–Kier alpha value is -4.35. The fourth-order valence-corrected chi connectivity index (χ4v) is 2.44. The van der Waals surface area contributed by atoms with E-state index in [4.69, 9.17) is 10.4 Å². The van der Waals surface area contributed by atoms with Crippen molar-refractivity contribution < 1.29 is 5.11 Å². The average Bonchev–Trinajstić information content (AvgIpc) is 2.86. The lowest BCUT2D eigenvalue weighted by molar-refractivity contribution is 0.475.